The SMILES string of the molecule is Cl.N[C@@H](CCC(=O)OC1CCCCC1)C(=O)OCc1ccccc1. The molecule has 1 atom stereocenters. The summed E-state index contributed by atoms with van der Waals surface area (Å²) < 4.78 is 10.6. The molecule has 5 nitrogen and oxygen atoms in total. The van der Waals surface area contributed by atoms with E-state index in [4.69, 9.17) is 15.2 Å². The Labute approximate surface area is 149 Å². The topological polar surface area (TPSA) is 78.6 Å². The predicted octanol–water partition coefficient (Wildman–Crippen LogP) is 3.14. The number of halogens is 1. The molecule has 1 aromatic rings. The number of hydrogen-bond donors (Lipinski definition) is 1. The molecule has 1 fully saturated rings. The Morgan fingerprint density at radius 3 is 2.46 bits per heavy atom. The number of ether oxygens (including phenoxy) is 2. The largest absolute Gasteiger partial charge is 0.462 e. The molecule has 0 bridgehead atoms. The third-order valence-electron chi connectivity index (χ3n) is 4.04. The van der Waals surface area contributed by atoms with Crippen molar-refractivity contribution in [2.45, 2.75) is 63.7 Å². The van der Waals surface area contributed by atoms with Crippen molar-refractivity contribution in [2.24, 2.45) is 5.73 Å². The van der Waals surface area contributed by atoms with E-state index in [1.54, 1.807) is 0 Å². The minimum absolute atomic E-state index is 0. The van der Waals surface area contributed by atoms with Gasteiger partial charge in [0.1, 0.15) is 18.8 Å². The lowest BCUT2D eigenvalue weighted by atomic mass is 9.98. The van der Waals surface area contributed by atoms with E-state index in [2.05, 4.69) is 0 Å². The predicted molar refractivity (Wildman–Crippen MR) is 93.7 cm³/mol. The third kappa shape index (κ3) is 7.32. The molecule has 2 N–H and O–H groups in total. The minimum Gasteiger partial charge on any atom is -0.462 e. The first-order valence-electron chi connectivity index (χ1n) is 8.31. The fourth-order valence-electron chi connectivity index (χ4n) is 2.65. The number of carbonyl (C=O) groups is 2. The van der Waals surface area contributed by atoms with Crippen molar-refractivity contribution in [3.05, 3.63) is 35.9 Å². The van der Waals surface area contributed by atoms with Gasteiger partial charge in [-0.05, 0) is 37.7 Å². The number of rotatable bonds is 7. The van der Waals surface area contributed by atoms with Crippen LogP contribution in [0.15, 0.2) is 30.3 Å². The molecule has 0 radical (unpaired) electrons. The van der Waals surface area contributed by atoms with Crippen molar-refractivity contribution in [3.8, 4) is 0 Å². The molecular formula is C18H26ClNO4. The van der Waals surface area contributed by atoms with Crippen molar-refractivity contribution in [1.29, 1.82) is 0 Å². The minimum atomic E-state index is -0.794. The number of esters is 2. The molecular weight excluding hydrogens is 330 g/mol. The van der Waals surface area contributed by atoms with E-state index >= 15 is 0 Å². The summed E-state index contributed by atoms with van der Waals surface area (Å²) >= 11 is 0. The van der Waals surface area contributed by atoms with Gasteiger partial charge in [0.25, 0.3) is 0 Å². The van der Waals surface area contributed by atoms with Crippen LogP contribution in [-0.2, 0) is 25.7 Å². The standard InChI is InChI=1S/C18H25NO4.ClH/c19-16(18(21)22-13-14-7-3-1-4-8-14)11-12-17(20)23-15-9-5-2-6-10-15;/h1,3-4,7-8,15-16H,2,5-6,9-13,19H2;1H/t16-;/m0./s1. The Morgan fingerprint density at radius 2 is 1.79 bits per heavy atom. The van der Waals surface area contributed by atoms with E-state index in [-0.39, 0.29) is 43.9 Å². The van der Waals surface area contributed by atoms with Crippen LogP contribution >= 0.6 is 12.4 Å². The number of nitrogens with two attached hydrogens (primary N) is 1. The molecule has 0 saturated heterocycles. The summed E-state index contributed by atoms with van der Waals surface area (Å²) in [6.07, 6.45) is 5.77. The van der Waals surface area contributed by atoms with Gasteiger partial charge in [0.05, 0.1) is 0 Å². The van der Waals surface area contributed by atoms with Crippen LogP contribution in [0.4, 0.5) is 0 Å². The summed E-state index contributed by atoms with van der Waals surface area (Å²) in [4.78, 5) is 23.6. The maximum atomic E-state index is 11.8. The first-order valence-corrected chi connectivity index (χ1v) is 8.31. The molecule has 1 aliphatic rings. The van der Waals surface area contributed by atoms with Crippen LogP contribution in [0.3, 0.4) is 0 Å². The molecule has 0 aromatic heterocycles. The Kier molecular flexibility index (Phi) is 9.42. The second-order valence-electron chi connectivity index (χ2n) is 5.99. The molecule has 0 spiro atoms. The van der Waals surface area contributed by atoms with Crippen LogP contribution in [0.25, 0.3) is 0 Å². The molecule has 1 aliphatic carbocycles. The van der Waals surface area contributed by atoms with E-state index in [9.17, 15) is 9.59 Å². The lowest BCUT2D eigenvalue weighted by Crippen LogP contribution is -2.33. The molecule has 0 heterocycles. The average molecular weight is 356 g/mol. The second kappa shape index (κ2) is 11.0. The quantitative estimate of drug-likeness (QED) is 0.760. The normalized spacial score (nSPS) is 15.9. The van der Waals surface area contributed by atoms with Crippen LogP contribution in [0.1, 0.15) is 50.5 Å². The van der Waals surface area contributed by atoms with Gasteiger partial charge < -0.3 is 15.2 Å². The molecule has 0 aliphatic heterocycles. The van der Waals surface area contributed by atoms with Crippen LogP contribution in [0.2, 0.25) is 0 Å². The van der Waals surface area contributed by atoms with Crippen molar-refractivity contribution < 1.29 is 19.1 Å². The van der Waals surface area contributed by atoms with Gasteiger partial charge in [-0.25, -0.2) is 0 Å². The molecule has 24 heavy (non-hydrogen) atoms. The van der Waals surface area contributed by atoms with Crippen LogP contribution in [0.5, 0.6) is 0 Å². The zero-order valence-corrected chi connectivity index (χ0v) is 14.6. The van der Waals surface area contributed by atoms with Crippen molar-refractivity contribution in [1.82, 2.24) is 0 Å². The zero-order chi connectivity index (χ0) is 16.5. The van der Waals surface area contributed by atoms with Crippen LogP contribution in [-0.4, -0.2) is 24.1 Å². The van der Waals surface area contributed by atoms with Gasteiger partial charge in [-0.15, -0.1) is 12.4 Å². The summed E-state index contributed by atoms with van der Waals surface area (Å²) in [7, 11) is 0. The van der Waals surface area contributed by atoms with Crippen molar-refractivity contribution in [3.63, 3.8) is 0 Å². The third-order valence-corrected chi connectivity index (χ3v) is 4.04. The molecule has 2 rings (SSSR count). The van der Waals surface area contributed by atoms with Crippen molar-refractivity contribution >= 4 is 24.3 Å². The highest BCUT2D eigenvalue weighted by atomic mass is 35.5. The lowest BCUT2D eigenvalue weighted by Gasteiger charge is -2.22. The Hall–Kier alpha value is -1.59. The maximum Gasteiger partial charge on any atom is 0.323 e. The van der Waals surface area contributed by atoms with Crippen LogP contribution in [0, 0.1) is 0 Å². The Morgan fingerprint density at radius 1 is 1.12 bits per heavy atom. The van der Waals surface area contributed by atoms with Gasteiger partial charge in [0.2, 0.25) is 0 Å². The van der Waals surface area contributed by atoms with Gasteiger partial charge in [0.15, 0.2) is 0 Å². The summed E-state index contributed by atoms with van der Waals surface area (Å²) in [5.74, 6) is -0.762. The number of hydrogen-bond acceptors (Lipinski definition) is 5. The highest BCUT2D eigenvalue weighted by Gasteiger charge is 2.20. The number of carbonyl (C=O) groups excluding carboxylic acids is 2. The smallest absolute Gasteiger partial charge is 0.323 e. The van der Waals surface area contributed by atoms with Crippen LogP contribution < -0.4 is 5.73 Å². The summed E-state index contributed by atoms with van der Waals surface area (Å²) in [6.45, 7) is 0.194. The molecule has 1 saturated carbocycles. The van der Waals surface area contributed by atoms with Crippen molar-refractivity contribution in [2.75, 3.05) is 0 Å². The number of benzene rings is 1. The summed E-state index contributed by atoms with van der Waals surface area (Å²) in [6, 6.07) is 8.61. The fourth-order valence-corrected chi connectivity index (χ4v) is 2.65. The highest BCUT2D eigenvalue weighted by molar-refractivity contribution is 5.85. The molecule has 134 valence electrons. The van der Waals surface area contributed by atoms with Gasteiger partial charge in [-0.2, -0.15) is 0 Å². The Bertz CT molecular complexity index is 503. The zero-order valence-electron chi connectivity index (χ0n) is 13.8. The Balaban J connectivity index is 0.00000288. The van der Waals surface area contributed by atoms with Gasteiger partial charge >= 0.3 is 11.9 Å². The van der Waals surface area contributed by atoms with Gasteiger partial charge in [0, 0.05) is 6.42 Å². The molecule has 6 heteroatoms. The molecule has 1 aromatic carbocycles. The monoisotopic (exact) mass is 355 g/mol. The molecule has 0 amide bonds. The van der Waals surface area contributed by atoms with Gasteiger partial charge in [-0.3, -0.25) is 9.59 Å². The average Bonchev–Trinajstić information content (AvgIpc) is 2.59. The van der Waals surface area contributed by atoms with E-state index in [0.717, 1.165) is 31.2 Å². The first kappa shape index (κ1) is 20.5. The fraction of sp³-hybridized carbons (Fsp3) is 0.556. The summed E-state index contributed by atoms with van der Waals surface area (Å²) in [5.41, 5.74) is 6.69. The first-order chi connectivity index (χ1) is 11.1. The lowest BCUT2D eigenvalue weighted by molar-refractivity contribution is -0.151. The summed E-state index contributed by atoms with van der Waals surface area (Å²) in [5, 5.41) is 0. The van der Waals surface area contributed by atoms with E-state index in [1.807, 2.05) is 30.3 Å². The molecule has 0 unspecified atom stereocenters. The van der Waals surface area contributed by atoms with E-state index in [0.29, 0.717) is 0 Å². The second-order valence-corrected chi connectivity index (χ2v) is 5.99. The van der Waals surface area contributed by atoms with Gasteiger partial charge in [-0.1, -0.05) is 36.8 Å². The highest BCUT2D eigenvalue weighted by Crippen LogP contribution is 2.20. The van der Waals surface area contributed by atoms with E-state index < -0.39 is 12.0 Å². The maximum absolute atomic E-state index is 11.8. The van der Waals surface area contributed by atoms with E-state index in [1.165, 1.54) is 6.42 Å².